The molecule has 3 N–H and O–H groups in total. The second kappa shape index (κ2) is 5.75. The number of β-amino-alcohol motifs (C(OH)–C–C–N with tert-alkyl or cyclic N) is 1. The van der Waals surface area contributed by atoms with Gasteiger partial charge in [-0.1, -0.05) is 6.92 Å². The highest BCUT2D eigenvalue weighted by atomic mass is 32.2. The summed E-state index contributed by atoms with van der Waals surface area (Å²) in [5.74, 6) is 1.16. The smallest absolute Gasteiger partial charge is 0.0862 e. The van der Waals surface area contributed by atoms with Crippen LogP contribution in [0.2, 0.25) is 0 Å². The van der Waals surface area contributed by atoms with Crippen LogP contribution in [0.4, 0.5) is 5.69 Å². The van der Waals surface area contributed by atoms with Crippen molar-refractivity contribution in [3.05, 3.63) is 12.4 Å². The molecule has 96 valence electrons. The van der Waals surface area contributed by atoms with Gasteiger partial charge in [0.15, 0.2) is 0 Å². The van der Waals surface area contributed by atoms with Gasteiger partial charge in [0.25, 0.3) is 0 Å². The molecule has 0 saturated carbocycles. The van der Waals surface area contributed by atoms with Crippen molar-refractivity contribution in [1.29, 1.82) is 0 Å². The van der Waals surface area contributed by atoms with E-state index in [1.807, 2.05) is 11.8 Å². The van der Waals surface area contributed by atoms with Gasteiger partial charge in [0.05, 0.1) is 24.5 Å². The van der Waals surface area contributed by atoms with E-state index in [4.69, 9.17) is 5.73 Å². The largest absolute Gasteiger partial charge is 0.396 e. The molecule has 6 heteroatoms. The van der Waals surface area contributed by atoms with Crippen LogP contribution in [-0.4, -0.2) is 56.5 Å². The third kappa shape index (κ3) is 3.90. The van der Waals surface area contributed by atoms with E-state index >= 15 is 0 Å². The van der Waals surface area contributed by atoms with Crippen LogP contribution in [0.1, 0.15) is 6.92 Å². The predicted octanol–water partition coefficient (Wildman–Crippen LogP) is 0.263. The van der Waals surface area contributed by atoms with Crippen molar-refractivity contribution >= 4 is 17.4 Å². The molecule has 2 heterocycles. The minimum atomic E-state index is -0.385. The molecular formula is C11H20N4OS. The number of aromatic nitrogens is 2. The third-order valence-corrected chi connectivity index (χ3v) is 3.98. The monoisotopic (exact) mass is 256 g/mol. The molecule has 0 aliphatic carbocycles. The van der Waals surface area contributed by atoms with Crippen molar-refractivity contribution in [3.63, 3.8) is 0 Å². The fourth-order valence-corrected chi connectivity index (χ4v) is 3.19. The van der Waals surface area contributed by atoms with Crippen molar-refractivity contribution in [2.24, 2.45) is 0 Å². The lowest BCUT2D eigenvalue weighted by molar-refractivity contribution is 0.0970. The summed E-state index contributed by atoms with van der Waals surface area (Å²) in [4.78, 5) is 2.32. The van der Waals surface area contributed by atoms with Gasteiger partial charge in [-0.3, -0.25) is 9.58 Å². The maximum absolute atomic E-state index is 10.0. The summed E-state index contributed by atoms with van der Waals surface area (Å²) in [6.45, 7) is 5.58. The Morgan fingerprint density at radius 3 is 3.12 bits per heavy atom. The molecule has 0 bridgehead atoms. The molecule has 0 spiro atoms. The first-order valence-electron chi connectivity index (χ1n) is 5.93. The molecule has 1 saturated heterocycles. The molecular weight excluding hydrogens is 236 g/mol. The normalized spacial score (nSPS) is 23.8. The maximum atomic E-state index is 10.0. The second-order valence-electron chi connectivity index (χ2n) is 4.59. The topological polar surface area (TPSA) is 67.3 Å². The Morgan fingerprint density at radius 1 is 1.65 bits per heavy atom. The quantitative estimate of drug-likeness (QED) is 0.809. The number of aliphatic hydroxyl groups excluding tert-OH is 1. The summed E-state index contributed by atoms with van der Waals surface area (Å²) in [6.07, 6.45) is 2.97. The highest BCUT2D eigenvalue weighted by Gasteiger charge is 2.19. The van der Waals surface area contributed by atoms with Gasteiger partial charge in [-0.15, -0.1) is 0 Å². The number of aliphatic hydroxyl groups is 1. The number of thioether (sulfide) groups is 1. The first-order valence-corrected chi connectivity index (χ1v) is 6.98. The molecule has 2 unspecified atom stereocenters. The number of anilines is 1. The Balaban J connectivity index is 1.78. The van der Waals surface area contributed by atoms with Crippen LogP contribution in [0.5, 0.6) is 0 Å². The van der Waals surface area contributed by atoms with E-state index in [2.05, 4.69) is 16.9 Å². The minimum Gasteiger partial charge on any atom is -0.396 e. The van der Waals surface area contributed by atoms with E-state index < -0.39 is 0 Å². The van der Waals surface area contributed by atoms with Crippen molar-refractivity contribution in [2.45, 2.75) is 24.8 Å². The average molecular weight is 256 g/mol. The predicted molar refractivity (Wildman–Crippen MR) is 71.0 cm³/mol. The van der Waals surface area contributed by atoms with Gasteiger partial charge in [-0.05, 0) is 0 Å². The van der Waals surface area contributed by atoms with Gasteiger partial charge < -0.3 is 10.8 Å². The van der Waals surface area contributed by atoms with Gasteiger partial charge in [0.2, 0.25) is 0 Å². The van der Waals surface area contributed by atoms with Gasteiger partial charge in [-0.2, -0.15) is 16.9 Å². The number of nitrogens with zero attached hydrogens (tertiary/aromatic N) is 3. The fourth-order valence-electron chi connectivity index (χ4n) is 2.11. The lowest BCUT2D eigenvalue weighted by Crippen LogP contribution is -2.42. The molecule has 17 heavy (non-hydrogen) atoms. The van der Waals surface area contributed by atoms with E-state index in [0.29, 0.717) is 24.0 Å². The number of nitrogens with two attached hydrogens (primary N) is 1. The SMILES string of the molecule is CC1CN(CC(O)Cn2cc(N)cn2)CCS1. The summed E-state index contributed by atoms with van der Waals surface area (Å²) >= 11 is 2.00. The number of hydrogen-bond donors (Lipinski definition) is 2. The molecule has 1 aromatic heterocycles. The number of hydrogen-bond acceptors (Lipinski definition) is 5. The highest BCUT2D eigenvalue weighted by Crippen LogP contribution is 2.17. The van der Waals surface area contributed by atoms with E-state index in [-0.39, 0.29) is 6.10 Å². The molecule has 1 aliphatic rings. The van der Waals surface area contributed by atoms with Gasteiger partial charge >= 0.3 is 0 Å². The standard InChI is InChI=1S/C11H20N4OS/c1-9-5-14(2-3-17-9)7-11(16)8-15-6-10(12)4-13-15/h4,6,9,11,16H,2-3,5,7-8,12H2,1H3. The van der Waals surface area contributed by atoms with Crippen LogP contribution in [0.3, 0.4) is 0 Å². The third-order valence-electron chi connectivity index (χ3n) is 2.85. The van der Waals surface area contributed by atoms with Crippen LogP contribution < -0.4 is 5.73 Å². The summed E-state index contributed by atoms with van der Waals surface area (Å²) in [5, 5.41) is 14.7. The average Bonchev–Trinajstić information content (AvgIpc) is 2.63. The lowest BCUT2D eigenvalue weighted by atomic mass is 10.3. The lowest BCUT2D eigenvalue weighted by Gasteiger charge is -2.31. The van der Waals surface area contributed by atoms with Crippen molar-refractivity contribution in [2.75, 3.05) is 31.1 Å². The van der Waals surface area contributed by atoms with Crippen LogP contribution in [0.15, 0.2) is 12.4 Å². The van der Waals surface area contributed by atoms with E-state index in [9.17, 15) is 5.11 Å². The molecule has 0 radical (unpaired) electrons. The summed E-state index contributed by atoms with van der Waals surface area (Å²) in [5.41, 5.74) is 6.22. The van der Waals surface area contributed by atoms with E-state index in [0.717, 1.165) is 18.8 Å². The molecule has 1 fully saturated rings. The molecule has 0 aromatic carbocycles. The zero-order valence-electron chi connectivity index (χ0n) is 10.1. The molecule has 2 rings (SSSR count). The Bertz CT molecular complexity index is 357. The van der Waals surface area contributed by atoms with Crippen molar-refractivity contribution in [1.82, 2.24) is 14.7 Å². The first kappa shape index (κ1) is 12.7. The Kier molecular flexibility index (Phi) is 4.31. The second-order valence-corrected chi connectivity index (χ2v) is 6.14. The molecule has 0 amide bonds. The van der Waals surface area contributed by atoms with Gasteiger partial charge in [0, 0.05) is 36.8 Å². The Morgan fingerprint density at radius 2 is 2.47 bits per heavy atom. The van der Waals surface area contributed by atoms with Crippen molar-refractivity contribution in [3.8, 4) is 0 Å². The summed E-state index contributed by atoms with van der Waals surface area (Å²) in [6, 6.07) is 0. The van der Waals surface area contributed by atoms with Gasteiger partial charge in [0.1, 0.15) is 0 Å². The molecule has 2 atom stereocenters. The van der Waals surface area contributed by atoms with Crippen LogP contribution >= 0.6 is 11.8 Å². The van der Waals surface area contributed by atoms with Crippen LogP contribution in [0.25, 0.3) is 0 Å². The van der Waals surface area contributed by atoms with Crippen LogP contribution in [-0.2, 0) is 6.54 Å². The number of rotatable bonds is 4. The Labute approximate surface area is 106 Å². The molecule has 1 aliphatic heterocycles. The minimum absolute atomic E-state index is 0.385. The summed E-state index contributed by atoms with van der Waals surface area (Å²) < 4.78 is 1.70. The molecule has 5 nitrogen and oxygen atoms in total. The number of nitrogen functional groups attached to an aromatic ring is 1. The fraction of sp³-hybridized carbons (Fsp3) is 0.727. The summed E-state index contributed by atoms with van der Waals surface area (Å²) in [7, 11) is 0. The highest BCUT2D eigenvalue weighted by molar-refractivity contribution is 7.99. The van der Waals surface area contributed by atoms with E-state index in [1.54, 1.807) is 17.1 Å². The van der Waals surface area contributed by atoms with Crippen molar-refractivity contribution < 1.29 is 5.11 Å². The van der Waals surface area contributed by atoms with E-state index in [1.165, 1.54) is 0 Å². The zero-order valence-corrected chi connectivity index (χ0v) is 10.9. The maximum Gasteiger partial charge on any atom is 0.0862 e. The Hall–Kier alpha value is -0.720. The molecule has 1 aromatic rings. The van der Waals surface area contributed by atoms with Gasteiger partial charge in [-0.25, -0.2) is 0 Å². The van der Waals surface area contributed by atoms with Crippen LogP contribution in [0, 0.1) is 0 Å². The zero-order chi connectivity index (χ0) is 12.3. The first-order chi connectivity index (χ1) is 8.13.